The number of guanidine groups is 1. The standard InChI is InChI=1S/C16H24N4S/c1-17-16(18-9-5-11-21-2)19-10-8-13-12-20-15-7-4-3-6-14(13)15/h3-4,6-7,12,20H,5,8-11H2,1-2H3,(H2,17,18,19). The summed E-state index contributed by atoms with van der Waals surface area (Å²) in [7, 11) is 1.82. The summed E-state index contributed by atoms with van der Waals surface area (Å²) in [6.07, 6.45) is 6.37. The monoisotopic (exact) mass is 304 g/mol. The number of thioether (sulfide) groups is 1. The summed E-state index contributed by atoms with van der Waals surface area (Å²) in [5.41, 5.74) is 2.54. The number of fused-ring (bicyclic) bond motifs is 1. The predicted molar refractivity (Wildman–Crippen MR) is 94.4 cm³/mol. The number of nitrogens with one attached hydrogen (secondary N) is 3. The molecule has 0 fully saturated rings. The van der Waals surface area contributed by atoms with E-state index in [0.717, 1.165) is 31.9 Å². The van der Waals surface area contributed by atoms with Crippen molar-refractivity contribution in [2.24, 2.45) is 4.99 Å². The zero-order valence-electron chi connectivity index (χ0n) is 12.8. The van der Waals surface area contributed by atoms with Gasteiger partial charge >= 0.3 is 0 Å². The molecule has 0 saturated carbocycles. The van der Waals surface area contributed by atoms with E-state index in [1.54, 1.807) is 0 Å². The van der Waals surface area contributed by atoms with Gasteiger partial charge in [-0.05, 0) is 36.5 Å². The Morgan fingerprint density at radius 1 is 1.24 bits per heavy atom. The number of para-hydroxylation sites is 1. The lowest BCUT2D eigenvalue weighted by Crippen LogP contribution is -2.38. The predicted octanol–water partition coefficient (Wildman–Crippen LogP) is 2.63. The fraction of sp³-hybridized carbons (Fsp3) is 0.438. The smallest absolute Gasteiger partial charge is 0.190 e. The van der Waals surface area contributed by atoms with Crippen LogP contribution in [-0.2, 0) is 6.42 Å². The van der Waals surface area contributed by atoms with Crippen molar-refractivity contribution in [3.8, 4) is 0 Å². The molecule has 3 N–H and O–H groups in total. The third-order valence-electron chi connectivity index (χ3n) is 3.40. The number of hydrogen-bond acceptors (Lipinski definition) is 2. The van der Waals surface area contributed by atoms with Crippen molar-refractivity contribution in [2.75, 3.05) is 32.1 Å². The van der Waals surface area contributed by atoms with Crippen LogP contribution >= 0.6 is 11.8 Å². The Morgan fingerprint density at radius 2 is 2.05 bits per heavy atom. The highest BCUT2D eigenvalue weighted by molar-refractivity contribution is 7.98. The van der Waals surface area contributed by atoms with Gasteiger partial charge in [-0.25, -0.2) is 0 Å². The van der Waals surface area contributed by atoms with Crippen LogP contribution in [-0.4, -0.2) is 43.1 Å². The number of aromatic nitrogens is 1. The summed E-state index contributed by atoms with van der Waals surface area (Å²) in [5.74, 6) is 2.07. The van der Waals surface area contributed by atoms with Gasteiger partial charge in [-0.2, -0.15) is 11.8 Å². The zero-order valence-corrected chi connectivity index (χ0v) is 13.6. The Kier molecular flexibility index (Phi) is 6.47. The van der Waals surface area contributed by atoms with Gasteiger partial charge in [-0.15, -0.1) is 0 Å². The van der Waals surface area contributed by atoms with E-state index < -0.39 is 0 Å². The van der Waals surface area contributed by atoms with Gasteiger partial charge < -0.3 is 15.6 Å². The molecule has 0 aliphatic heterocycles. The van der Waals surface area contributed by atoms with Crippen LogP contribution < -0.4 is 10.6 Å². The van der Waals surface area contributed by atoms with Crippen LogP contribution in [0.1, 0.15) is 12.0 Å². The first kappa shape index (κ1) is 15.8. The van der Waals surface area contributed by atoms with E-state index in [9.17, 15) is 0 Å². The van der Waals surface area contributed by atoms with E-state index in [2.05, 4.69) is 57.3 Å². The topological polar surface area (TPSA) is 52.2 Å². The van der Waals surface area contributed by atoms with Crippen molar-refractivity contribution >= 4 is 28.6 Å². The van der Waals surface area contributed by atoms with E-state index in [1.807, 2.05) is 18.8 Å². The third kappa shape index (κ3) is 4.70. The molecule has 2 aromatic rings. The van der Waals surface area contributed by atoms with E-state index in [1.165, 1.54) is 22.2 Å². The molecule has 0 radical (unpaired) electrons. The van der Waals surface area contributed by atoms with Crippen molar-refractivity contribution in [1.82, 2.24) is 15.6 Å². The first-order valence-electron chi connectivity index (χ1n) is 7.33. The molecule has 0 atom stereocenters. The largest absolute Gasteiger partial charge is 0.361 e. The number of aromatic amines is 1. The normalized spacial score (nSPS) is 11.8. The maximum Gasteiger partial charge on any atom is 0.190 e. The van der Waals surface area contributed by atoms with Gasteiger partial charge in [0, 0.05) is 37.2 Å². The Hall–Kier alpha value is -1.62. The molecule has 0 aliphatic rings. The van der Waals surface area contributed by atoms with E-state index in [4.69, 9.17) is 0 Å². The average Bonchev–Trinajstić information content (AvgIpc) is 2.93. The van der Waals surface area contributed by atoms with Crippen LogP contribution in [0.15, 0.2) is 35.5 Å². The Morgan fingerprint density at radius 3 is 2.86 bits per heavy atom. The minimum Gasteiger partial charge on any atom is -0.361 e. The first-order valence-corrected chi connectivity index (χ1v) is 8.73. The number of H-pyrrole nitrogens is 1. The third-order valence-corrected chi connectivity index (χ3v) is 4.10. The summed E-state index contributed by atoms with van der Waals surface area (Å²) in [6.45, 7) is 1.84. The Bertz CT molecular complexity index is 576. The minimum atomic E-state index is 0.879. The zero-order chi connectivity index (χ0) is 14.9. The molecule has 114 valence electrons. The summed E-state index contributed by atoms with van der Waals surface area (Å²) in [6, 6.07) is 8.41. The molecule has 0 aliphatic carbocycles. The van der Waals surface area contributed by atoms with Crippen LogP contribution in [0, 0.1) is 0 Å². The molecule has 5 heteroatoms. The minimum absolute atomic E-state index is 0.879. The SMILES string of the molecule is CN=C(NCCCSC)NCCc1c[nH]c2ccccc12. The van der Waals surface area contributed by atoms with Crippen LogP contribution in [0.2, 0.25) is 0 Å². The molecule has 0 spiro atoms. The van der Waals surface area contributed by atoms with Gasteiger partial charge in [0.2, 0.25) is 0 Å². The van der Waals surface area contributed by atoms with Gasteiger partial charge in [0.25, 0.3) is 0 Å². The second-order valence-corrected chi connectivity index (χ2v) is 5.87. The van der Waals surface area contributed by atoms with E-state index in [-0.39, 0.29) is 0 Å². The van der Waals surface area contributed by atoms with E-state index >= 15 is 0 Å². The lowest BCUT2D eigenvalue weighted by Gasteiger charge is -2.11. The molecule has 0 saturated heterocycles. The Labute approximate surface area is 130 Å². The van der Waals surface area contributed by atoms with Crippen LogP contribution in [0.3, 0.4) is 0 Å². The second-order valence-electron chi connectivity index (χ2n) is 4.88. The van der Waals surface area contributed by atoms with E-state index in [0.29, 0.717) is 0 Å². The van der Waals surface area contributed by atoms with Crippen molar-refractivity contribution in [3.63, 3.8) is 0 Å². The maximum absolute atomic E-state index is 4.25. The number of aliphatic imine (C=N–C) groups is 1. The summed E-state index contributed by atoms with van der Waals surface area (Å²) >= 11 is 1.87. The van der Waals surface area contributed by atoms with Crippen molar-refractivity contribution in [3.05, 3.63) is 36.0 Å². The van der Waals surface area contributed by atoms with Crippen molar-refractivity contribution in [1.29, 1.82) is 0 Å². The molecule has 1 heterocycles. The van der Waals surface area contributed by atoms with Crippen molar-refractivity contribution < 1.29 is 0 Å². The lowest BCUT2D eigenvalue weighted by molar-refractivity contribution is 0.778. The molecule has 2 rings (SSSR count). The highest BCUT2D eigenvalue weighted by Crippen LogP contribution is 2.17. The number of nitrogens with zero attached hydrogens (tertiary/aromatic N) is 1. The van der Waals surface area contributed by atoms with Gasteiger partial charge in [0.15, 0.2) is 5.96 Å². The second kappa shape index (κ2) is 8.62. The lowest BCUT2D eigenvalue weighted by atomic mass is 10.1. The molecule has 21 heavy (non-hydrogen) atoms. The highest BCUT2D eigenvalue weighted by Gasteiger charge is 2.03. The van der Waals surface area contributed by atoms with Crippen molar-refractivity contribution in [2.45, 2.75) is 12.8 Å². The van der Waals surface area contributed by atoms with Crippen LogP contribution in [0.4, 0.5) is 0 Å². The summed E-state index contributed by atoms with van der Waals surface area (Å²) in [4.78, 5) is 7.56. The number of hydrogen-bond donors (Lipinski definition) is 3. The molecule has 0 amide bonds. The quantitative estimate of drug-likeness (QED) is 0.419. The molecule has 1 aromatic carbocycles. The van der Waals surface area contributed by atoms with Crippen LogP contribution in [0.25, 0.3) is 10.9 Å². The molecule has 1 aromatic heterocycles. The first-order chi connectivity index (χ1) is 10.3. The average molecular weight is 304 g/mol. The summed E-state index contributed by atoms with van der Waals surface area (Å²) < 4.78 is 0. The highest BCUT2D eigenvalue weighted by atomic mass is 32.2. The summed E-state index contributed by atoms with van der Waals surface area (Å²) in [5, 5.41) is 8.01. The maximum atomic E-state index is 4.25. The Balaban J connectivity index is 1.77. The fourth-order valence-corrected chi connectivity index (χ4v) is 2.73. The van der Waals surface area contributed by atoms with Crippen LogP contribution in [0.5, 0.6) is 0 Å². The molecular weight excluding hydrogens is 280 g/mol. The van der Waals surface area contributed by atoms with Gasteiger partial charge in [-0.1, -0.05) is 18.2 Å². The number of benzene rings is 1. The molecular formula is C16H24N4S. The fourth-order valence-electron chi connectivity index (χ4n) is 2.30. The molecule has 4 nitrogen and oxygen atoms in total. The van der Waals surface area contributed by atoms with Gasteiger partial charge in [0.1, 0.15) is 0 Å². The molecule has 0 unspecified atom stereocenters. The van der Waals surface area contributed by atoms with Gasteiger partial charge in [-0.3, -0.25) is 4.99 Å². The van der Waals surface area contributed by atoms with Gasteiger partial charge in [0.05, 0.1) is 0 Å². The molecule has 0 bridgehead atoms. The number of rotatable bonds is 7.